The number of unbranched alkanes of at least 4 members (excludes halogenated alkanes) is 1. The van der Waals surface area contributed by atoms with Crippen molar-refractivity contribution in [3.63, 3.8) is 0 Å². The molecule has 0 fully saturated rings. The predicted octanol–water partition coefficient (Wildman–Crippen LogP) is 5.91. The number of rotatable bonds is 7. The SMILES string of the molecule is CC.CCCCC(C)C(C)CCC(C)C. The van der Waals surface area contributed by atoms with Crippen LogP contribution < -0.4 is 0 Å². The zero-order valence-electron chi connectivity index (χ0n) is 12.3. The second-order valence-electron chi connectivity index (χ2n) is 5.07. The Hall–Kier alpha value is 0. The smallest absolute Gasteiger partial charge is 0.0417 e. The third-order valence-electron chi connectivity index (χ3n) is 3.18. The van der Waals surface area contributed by atoms with Gasteiger partial charge < -0.3 is 0 Å². The van der Waals surface area contributed by atoms with Crippen LogP contribution >= 0.6 is 0 Å². The van der Waals surface area contributed by atoms with E-state index in [1.54, 1.807) is 0 Å². The molecule has 0 heterocycles. The van der Waals surface area contributed by atoms with E-state index in [-0.39, 0.29) is 0 Å². The van der Waals surface area contributed by atoms with Gasteiger partial charge in [-0.2, -0.15) is 0 Å². The lowest BCUT2D eigenvalue weighted by Crippen LogP contribution is -2.09. The molecule has 0 aromatic rings. The first-order valence-electron chi connectivity index (χ1n) is 7.07. The average molecular weight is 214 g/mol. The van der Waals surface area contributed by atoms with E-state index in [0.29, 0.717) is 0 Å². The van der Waals surface area contributed by atoms with E-state index in [1.165, 1.54) is 32.1 Å². The summed E-state index contributed by atoms with van der Waals surface area (Å²) in [6.07, 6.45) is 7.00. The summed E-state index contributed by atoms with van der Waals surface area (Å²) < 4.78 is 0. The van der Waals surface area contributed by atoms with Gasteiger partial charge in [0, 0.05) is 0 Å². The van der Waals surface area contributed by atoms with Crippen LogP contribution in [0.5, 0.6) is 0 Å². The van der Waals surface area contributed by atoms with Gasteiger partial charge in [-0.1, -0.05) is 80.6 Å². The lowest BCUT2D eigenvalue weighted by Gasteiger charge is -2.20. The molecule has 0 saturated carbocycles. The number of hydrogen-bond donors (Lipinski definition) is 0. The van der Waals surface area contributed by atoms with Crippen molar-refractivity contribution in [2.45, 2.75) is 80.6 Å². The van der Waals surface area contributed by atoms with Gasteiger partial charge in [-0.3, -0.25) is 0 Å². The molecular formula is C15H34. The summed E-state index contributed by atoms with van der Waals surface area (Å²) in [5.74, 6) is 2.73. The van der Waals surface area contributed by atoms with Gasteiger partial charge in [0.05, 0.1) is 0 Å². The molecule has 2 unspecified atom stereocenters. The predicted molar refractivity (Wildman–Crippen MR) is 73.3 cm³/mol. The minimum absolute atomic E-state index is 0.876. The fraction of sp³-hybridized carbons (Fsp3) is 1.00. The molecule has 0 bridgehead atoms. The van der Waals surface area contributed by atoms with E-state index in [1.807, 2.05) is 13.8 Å². The largest absolute Gasteiger partial charge is 0.0683 e. The van der Waals surface area contributed by atoms with Crippen LogP contribution in [-0.2, 0) is 0 Å². The lowest BCUT2D eigenvalue weighted by atomic mass is 9.86. The third kappa shape index (κ3) is 11.9. The van der Waals surface area contributed by atoms with E-state index in [4.69, 9.17) is 0 Å². The van der Waals surface area contributed by atoms with Crippen LogP contribution in [0.15, 0.2) is 0 Å². The standard InChI is InChI=1S/C13H28.C2H6/c1-6-7-8-12(4)13(5)10-9-11(2)3;1-2/h11-13H,6-10H2,1-5H3;1-2H3. The fourth-order valence-corrected chi connectivity index (χ4v) is 1.69. The van der Waals surface area contributed by atoms with E-state index in [2.05, 4.69) is 34.6 Å². The van der Waals surface area contributed by atoms with Crippen molar-refractivity contribution in [3.8, 4) is 0 Å². The van der Waals surface area contributed by atoms with Gasteiger partial charge in [0.2, 0.25) is 0 Å². The van der Waals surface area contributed by atoms with Crippen LogP contribution in [0.4, 0.5) is 0 Å². The van der Waals surface area contributed by atoms with E-state index in [9.17, 15) is 0 Å². The van der Waals surface area contributed by atoms with Crippen molar-refractivity contribution < 1.29 is 0 Å². The molecule has 0 aromatic heterocycles. The van der Waals surface area contributed by atoms with Crippen LogP contribution in [0.1, 0.15) is 80.6 Å². The first-order valence-corrected chi connectivity index (χ1v) is 7.07. The van der Waals surface area contributed by atoms with Crippen molar-refractivity contribution in [3.05, 3.63) is 0 Å². The molecule has 0 aliphatic heterocycles. The first kappa shape index (κ1) is 17.4. The zero-order valence-corrected chi connectivity index (χ0v) is 12.3. The maximum Gasteiger partial charge on any atom is -0.0417 e. The molecule has 0 rings (SSSR count). The summed E-state index contributed by atoms with van der Waals surface area (Å²) in [4.78, 5) is 0. The topological polar surface area (TPSA) is 0 Å². The van der Waals surface area contributed by atoms with Gasteiger partial charge in [-0.15, -0.1) is 0 Å². The third-order valence-corrected chi connectivity index (χ3v) is 3.18. The lowest BCUT2D eigenvalue weighted by molar-refractivity contribution is 0.315. The van der Waals surface area contributed by atoms with Gasteiger partial charge in [-0.05, 0) is 17.8 Å². The Kier molecular flexibility index (Phi) is 14.0. The van der Waals surface area contributed by atoms with E-state index >= 15 is 0 Å². The Morgan fingerprint density at radius 3 is 1.60 bits per heavy atom. The fourth-order valence-electron chi connectivity index (χ4n) is 1.69. The number of hydrogen-bond acceptors (Lipinski definition) is 0. The van der Waals surface area contributed by atoms with E-state index < -0.39 is 0 Å². The van der Waals surface area contributed by atoms with Crippen molar-refractivity contribution in [2.24, 2.45) is 17.8 Å². The van der Waals surface area contributed by atoms with E-state index in [0.717, 1.165) is 17.8 Å². The molecular weight excluding hydrogens is 180 g/mol. The first-order chi connectivity index (χ1) is 7.07. The van der Waals surface area contributed by atoms with Gasteiger partial charge >= 0.3 is 0 Å². The summed E-state index contributed by atoms with van der Waals surface area (Å²) in [7, 11) is 0. The molecule has 0 nitrogen and oxygen atoms in total. The van der Waals surface area contributed by atoms with Crippen LogP contribution in [0.25, 0.3) is 0 Å². The minimum Gasteiger partial charge on any atom is -0.0683 e. The van der Waals surface area contributed by atoms with Gasteiger partial charge in [0.1, 0.15) is 0 Å². The molecule has 94 valence electrons. The molecule has 2 atom stereocenters. The molecule has 0 N–H and O–H groups in total. The maximum atomic E-state index is 2.42. The summed E-state index contributed by atoms with van der Waals surface area (Å²) >= 11 is 0. The van der Waals surface area contributed by atoms with Crippen molar-refractivity contribution in [1.82, 2.24) is 0 Å². The molecule has 0 aromatic carbocycles. The highest BCUT2D eigenvalue weighted by Crippen LogP contribution is 2.23. The molecule has 0 spiro atoms. The monoisotopic (exact) mass is 214 g/mol. The van der Waals surface area contributed by atoms with Crippen LogP contribution in [0, 0.1) is 17.8 Å². The molecule has 15 heavy (non-hydrogen) atoms. The average Bonchev–Trinajstić information content (AvgIpc) is 2.25. The second kappa shape index (κ2) is 12.1. The maximum absolute atomic E-state index is 2.42. The Bertz CT molecular complexity index is 105. The Morgan fingerprint density at radius 1 is 0.733 bits per heavy atom. The highest BCUT2D eigenvalue weighted by molar-refractivity contribution is 4.63. The molecule has 0 aliphatic rings. The Balaban J connectivity index is 0. The highest BCUT2D eigenvalue weighted by atomic mass is 14.2. The molecule has 0 amide bonds. The van der Waals surface area contributed by atoms with Gasteiger partial charge in [0.25, 0.3) is 0 Å². The van der Waals surface area contributed by atoms with Crippen LogP contribution in [0.2, 0.25) is 0 Å². The van der Waals surface area contributed by atoms with Gasteiger partial charge in [0.15, 0.2) is 0 Å². The normalized spacial score (nSPS) is 14.4. The zero-order chi connectivity index (χ0) is 12.3. The van der Waals surface area contributed by atoms with Gasteiger partial charge in [-0.25, -0.2) is 0 Å². The van der Waals surface area contributed by atoms with Crippen LogP contribution in [0.3, 0.4) is 0 Å². The highest BCUT2D eigenvalue weighted by Gasteiger charge is 2.11. The summed E-state index contributed by atoms with van der Waals surface area (Å²) in [5.41, 5.74) is 0. The van der Waals surface area contributed by atoms with Crippen molar-refractivity contribution in [2.75, 3.05) is 0 Å². The second-order valence-corrected chi connectivity index (χ2v) is 5.07. The van der Waals surface area contributed by atoms with Crippen molar-refractivity contribution in [1.29, 1.82) is 0 Å². The molecule has 0 saturated heterocycles. The molecule has 0 aliphatic carbocycles. The van der Waals surface area contributed by atoms with Crippen LogP contribution in [-0.4, -0.2) is 0 Å². The Labute approximate surface area is 98.9 Å². The van der Waals surface area contributed by atoms with Crippen molar-refractivity contribution >= 4 is 0 Å². The Morgan fingerprint density at radius 2 is 1.20 bits per heavy atom. The summed E-state index contributed by atoms with van der Waals surface area (Å²) in [5, 5.41) is 0. The molecule has 0 radical (unpaired) electrons. The summed E-state index contributed by atoms with van der Waals surface area (Å²) in [6.45, 7) is 15.8. The quantitative estimate of drug-likeness (QED) is 0.494. The molecule has 0 heteroatoms. The summed E-state index contributed by atoms with van der Waals surface area (Å²) in [6, 6.07) is 0. The minimum atomic E-state index is 0.876.